The summed E-state index contributed by atoms with van der Waals surface area (Å²) in [5.41, 5.74) is 0. The van der Waals surface area contributed by atoms with Crippen molar-refractivity contribution in [3.05, 3.63) is 0 Å². The summed E-state index contributed by atoms with van der Waals surface area (Å²) in [6.45, 7) is 0. The van der Waals surface area contributed by atoms with E-state index in [1.54, 1.807) is 0 Å². The molecule has 12 heteroatoms. The van der Waals surface area contributed by atoms with Crippen molar-refractivity contribution in [1.29, 1.82) is 0 Å². The van der Waals surface area contributed by atoms with E-state index in [0.29, 0.717) is 0 Å². The molecule has 0 rings (SSSR count). The predicted octanol–water partition coefficient (Wildman–Crippen LogP) is -9.01. The van der Waals surface area contributed by atoms with Gasteiger partial charge in [0.1, 0.15) is 0 Å². The topological polar surface area (TPSA) is 315 Å². The van der Waals surface area contributed by atoms with Gasteiger partial charge in [0.25, 0.3) is 0 Å². The molecule has 0 amide bonds. The van der Waals surface area contributed by atoms with Crippen LogP contribution in [-0.4, -0.2) is 114 Å². The van der Waals surface area contributed by atoms with Crippen LogP contribution in [0.3, 0.4) is 0 Å². The maximum atomic E-state index is 0. The molecule has 0 unspecified atom stereocenters. The molecule has 0 heterocycles. The van der Waals surface area contributed by atoms with E-state index in [2.05, 4.69) is 0 Å². The molecular weight excluding hydrogens is 206 g/mol. The normalized spacial score (nSPS) is 0. The second-order valence-corrected chi connectivity index (χ2v) is 0. The molecule has 0 aromatic heterocycles. The van der Waals surface area contributed by atoms with Crippen molar-refractivity contribution in [1.82, 2.24) is 0 Å². The molecule has 0 atom stereocenters. The predicted molar refractivity (Wildman–Crippen MR) is 47.6 cm³/mol. The van der Waals surface area contributed by atoms with E-state index in [4.69, 9.17) is 0 Å². The molecular formula is H20Na2O10. The van der Waals surface area contributed by atoms with Crippen molar-refractivity contribution < 1.29 is 54.8 Å². The van der Waals surface area contributed by atoms with Crippen molar-refractivity contribution in [2.24, 2.45) is 0 Å². The van der Waals surface area contributed by atoms with Crippen LogP contribution >= 0.6 is 0 Å². The Morgan fingerprint density at radius 1 is 0.167 bits per heavy atom. The molecule has 82 valence electrons. The van der Waals surface area contributed by atoms with Crippen molar-refractivity contribution in [3.63, 3.8) is 0 Å². The van der Waals surface area contributed by atoms with Crippen molar-refractivity contribution in [2.45, 2.75) is 0 Å². The van der Waals surface area contributed by atoms with E-state index in [9.17, 15) is 0 Å². The Labute approximate surface area is 113 Å². The third-order valence-corrected chi connectivity index (χ3v) is 0. The Hall–Kier alpha value is 1.60. The first-order valence-electron chi connectivity index (χ1n) is 0. The monoisotopic (exact) mass is 226 g/mol. The van der Waals surface area contributed by atoms with Crippen LogP contribution in [0.4, 0.5) is 0 Å². The number of hydrogen-bond donors (Lipinski definition) is 0. The molecule has 0 aliphatic heterocycles. The summed E-state index contributed by atoms with van der Waals surface area (Å²) in [5.74, 6) is 0. The second kappa shape index (κ2) is 662. The first-order valence-corrected chi connectivity index (χ1v) is 0. The molecule has 20 N–H and O–H groups in total. The van der Waals surface area contributed by atoms with Gasteiger partial charge in [0.05, 0.1) is 0 Å². The molecule has 0 aliphatic rings. The minimum absolute atomic E-state index is 0. The first-order chi connectivity index (χ1) is 0. The maximum absolute atomic E-state index is 0. The van der Waals surface area contributed by atoms with Crippen LogP contribution in [0.1, 0.15) is 0 Å². The van der Waals surface area contributed by atoms with E-state index in [-0.39, 0.29) is 114 Å². The standard InChI is InChI=1S/2Na.10H2O/h;;10*1H2. The van der Waals surface area contributed by atoms with Gasteiger partial charge in [-0.05, 0) is 0 Å². The van der Waals surface area contributed by atoms with Crippen molar-refractivity contribution >= 4 is 59.1 Å². The van der Waals surface area contributed by atoms with Gasteiger partial charge in [0, 0.05) is 59.1 Å². The van der Waals surface area contributed by atoms with Crippen LogP contribution < -0.4 is 0 Å². The molecule has 10 nitrogen and oxygen atoms in total. The van der Waals surface area contributed by atoms with Crippen LogP contribution in [-0.2, 0) is 0 Å². The number of hydrogen-bond acceptors (Lipinski definition) is 0. The summed E-state index contributed by atoms with van der Waals surface area (Å²) in [5, 5.41) is 0. The van der Waals surface area contributed by atoms with Crippen LogP contribution in [0.25, 0.3) is 0 Å². The third-order valence-electron chi connectivity index (χ3n) is 0. The Morgan fingerprint density at radius 2 is 0.167 bits per heavy atom. The van der Waals surface area contributed by atoms with Crippen molar-refractivity contribution in [2.75, 3.05) is 0 Å². The summed E-state index contributed by atoms with van der Waals surface area (Å²) in [4.78, 5) is 0. The van der Waals surface area contributed by atoms with Gasteiger partial charge in [-0.3, -0.25) is 0 Å². The summed E-state index contributed by atoms with van der Waals surface area (Å²) in [7, 11) is 0. The van der Waals surface area contributed by atoms with Gasteiger partial charge in [0.15, 0.2) is 0 Å². The summed E-state index contributed by atoms with van der Waals surface area (Å²) >= 11 is 0. The molecule has 0 aliphatic carbocycles. The second-order valence-electron chi connectivity index (χ2n) is 0. The zero-order valence-corrected chi connectivity index (χ0v) is 11.0. The van der Waals surface area contributed by atoms with Crippen LogP contribution in [0, 0.1) is 0 Å². The van der Waals surface area contributed by atoms with Crippen molar-refractivity contribution in [3.8, 4) is 0 Å². The van der Waals surface area contributed by atoms with Gasteiger partial charge in [-0.1, -0.05) is 0 Å². The molecule has 0 saturated heterocycles. The molecule has 0 saturated carbocycles. The largest absolute Gasteiger partial charge is 0.412 e. The van der Waals surface area contributed by atoms with Gasteiger partial charge in [-0.15, -0.1) is 0 Å². The summed E-state index contributed by atoms with van der Waals surface area (Å²) < 4.78 is 0. The van der Waals surface area contributed by atoms with Crippen LogP contribution in [0.15, 0.2) is 0 Å². The minimum atomic E-state index is 0. The average molecular weight is 226 g/mol. The average Bonchev–Trinajstić information content (AvgIpc) is 0. The Morgan fingerprint density at radius 3 is 0.167 bits per heavy atom. The Bertz CT molecular complexity index is 7.80. The fourth-order valence-corrected chi connectivity index (χ4v) is 0. The van der Waals surface area contributed by atoms with E-state index < -0.39 is 0 Å². The fourth-order valence-electron chi connectivity index (χ4n) is 0. The minimum Gasteiger partial charge on any atom is -0.412 e. The summed E-state index contributed by atoms with van der Waals surface area (Å²) in [6, 6.07) is 0. The zero-order chi connectivity index (χ0) is 0. The van der Waals surface area contributed by atoms with Gasteiger partial charge in [0.2, 0.25) is 0 Å². The number of rotatable bonds is 0. The van der Waals surface area contributed by atoms with Crippen LogP contribution in [0.5, 0.6) is 0 Å². The quantitative estimate of drug-likeness (QED) is 0.347. The Balaban J connectivity index is 0. The molecule has 0 fully saturated rings. The van der Waals surface area contributed by atoms with Gasteiger partial charge < -0.3 is 54.8 Å². The molecule has 0 bridgehead atoms. The van der Waals surface area contributed by atoms with E-state index in [1.807, 2.05) is 0 Å². The van der Waals surface area contributed by atoms with Gasteiger partial charge in [-0.25, -0.2) is 0 Å². The third kappa shape index (κ3) is 509. The molecule has 2 radical (unpaired) electrons. The van der Waals surface area contributed by atoms with Gasteiger partial charge >= 0.3 is 0 Å². The Kier molecular flexibility index (Phi) is 46500. The van der Waals surface area contributed by atoms with E-state index >= 15 is 0 Å². The first kappa shape index (κ1) is 843. The maximum Gasteiger partial charge on any atom is 0 e. The fraction of sp³-hybridized carbons (Fsp3) is 0. The van der Waals surface area contributed by atoms with E-state index in [1.165, 1.54) is 0 Å². The summed E-state index contributed by atoms with van der Waals surface area (Å²) in [6.07, 6.45) is 0. The van der Waals surface area contributed by atoms with Gasteiger partial charge in [-0.2, -0.15) is 0 Å². The molecule has 0 spiro atoms. The molecule has 0 aromatic carbocycles. The smallest absolute Gasteiger partial charge is 0 e. The zero-order valence-electron chi connectivity index (χ0n) is 7.00. The molecule has 12 heavy (non-hydrogen) atoms. The van der Waals surface area contributed by atoms with E-state index in [0.717, 1.165) is 0 Å². The van der Waals surface area contributed by atoms with Crippen LogP contribution in [0.2, 0.25) is 0 Å². The SMILES string of the molecule is O.O.O.O.O.O.O.O.O.O.[Na].[Na]. The molecule has 0 aromatic rings.